The molecule has 0 saturated carbocycles. The lowest BCUT2D eigenvalue weighted by atomic mass is 10.1. The minimum atomic E-state index is -3.77. The van der Waals surface area contributed by atoms with Gasteiger partial charge in [-0.15, -0.1) is 0 Å². The van der Waals surface area contributed by atoms with Crippen LogP contribution in [0, 0.1) is 0 Å². The molecule has 2 heterocycles. The van der Waals surface area contributed by atoms with Crippen LogP contribution in [-0.2, 0) is 19.5 Å². The number of sulfonamides is 1. The minimum Gasteiger partial charge on any atom is -0.497 e. The molecule has 2 aromatic carbocycles. The summed E-state index contributed by atoms with van der Waals surface area (Å²) in [7, 11) is -0.729. The largest absolute Gasteiger partial charge is 0.497 e. The van der Waals surface area contributed by atoms with Gasteiger partial charge in [-0.05, 0) is 30.3 Å². The van der Waals surface area contributed by atoms with Gasteiger partial charge in [-0.1, -0.05) is 0 Å². The molecule has 2 saturated heterocycles. The zero-order valence-corrected chi connectivity index (χ0v) is 20.1. The zero-order chi connectivity index (χ0) is 24.1. The van der Waals surface area contributed by atoms with E-state index in [-0.39, 0.29) is 23.5 Å². The summed E-state index contributed by atoms with van der Waals surface area (Å²) < 4.78 is 49.2. The summed E-state index contributed by atoms with van der Waals surface area (Å²) in [5.41, 5.74) is 1.35. The first kappa shape index (κ1) is 24.3. The maximum Gasteiger partial charge on any atom is 0.257 e. The molecule has 34 heavy (non-hydrogen) atoms. The van der Waals surface area contributed by atoms with Gasteiger partial charge in [0.1, 0.15) is 11.5 Å². The van der Waals surface area contributed by atoms with Gasteiger partial charge in [0.05, 0.1) is 56.8 Å². The SMILES string of the molecule is COc1ccc(NC(=O)c2cc(S(=O)(=O)N3CCOCC3)ccc2N2CCOCC2)c(OC)c1. The average Bonchev–Trinajstić information content (AvgIpc) is 2.89. The lowest BCUT2D eigenvalue weighted by Gasteiger charge is -2.31. The number of methoxy groups -OCH3 is 2. The van der Waals surface area contributed by atoms with Crippen molar-refractivity contribution in [2.45, 2.75) is 4.90 Å². The van der Waals surface area contributed by atoms with Crippen LogP contribution in [0.5, 0.6) is 11.5 Å². The van der Waals surface area contributed by atoms with Gasteiger partial charge in [0, 0.05) is 37.9 Å². The highest BCUT2D eigenvalue weighted by molar-refractivity contribution is 7.89. The number of nitrogens with zero attached hydrogens (tertiary/aromatic N) is 2. The monoisotopic (exact) mass is 491 g/mol. The number of nitrogens with one attached hydrogen (secondary N) is 1. The summed E-state index contributed by atoms with van der Waals surface area (Å²) in [6.07, 6.45) is 0. The fraction of sp³-hybridized carbons (Fsp3) is 0.435. The van der Waals surface area contributed by atoms with Crippen molar-refractivity contribution in [2.75, 3.05) is 77.0 Å². The summed E-state index contributed by atoms with van der Waals surface area (Å²) in [5, 5.41) is 2.86. The molecule has 2 aliphatic rings. The number of hydrogen-bond acceptors (Lipinski definition) is 8. The van der Waals surface area contributed by atoms with Crippen molar-refractivity contribution in [1.82, 2.24) is 4.31 Å². The molecule has 11 heteroatoms. The normalized spacial score (nSPS) is 17.3. The first-order valence-corrected chi connectivity index (χ1v) is 12.5. The van der Waals surface area contributed by atoms with E-state index in [2.05, 4.69) is 5.32 Å². The second-order valence-corrected chi connectivity index (χ2v) is 9.75. The van der Waals surface area contributed by atoms with Crippen LogP contribution in [0.2, 0.25) is 0 Å². The number of carbonyl (C=O) groups excluding carboxylic acids is 1. The molecule has 0 atom stereocenters. The third-order valence-electron chi connectivity index (χ3n) is 5.83. The second-order valence-electron chi connectivity index (χ2n) is 7.82. The molecular weight excluding hydrogens is 462 g/mol. The number of anilines is 2. The standard InChI is InChI=1S/C23H29N3O7S/c1-30-17-3-5-20(22(15-17)31-2)24-23(27)19-16-18(34(28,29)26-9-13-33-14-10-26)4-6-21(19)25-7-11-32-12-8-25/h3-6,15-16H,7-14H2,1-2H3,(H,24,27). The third kappa shape index (κ3) is 5.12. The molecule has 184 valence electrons. The Balaban J connectivity index is 1.70. The van der Waals surface area contributed by atoms with Gasteiger partial charge in [0.25, 0.3) is 5.91 Å². The first-order valence-electron chi connectivity index (χ1n) is 11.0. The van der Waals surface area contributed by atoms with Crippen LogP contribution in [0.1, 0.15) is 10.4 Å². The van der Waals surface area contributed by atoms with E-state index in [0.717, 1.165) is 0 Å². The first-order chi connectivity index (χ1) is 16.4. The number of rotatable bonds is 7. The van der Waals surface area contributed by atoms with Crippen LogP contribution in [0.3, 0.4) is 0 Å². The van der Waals surface area contributed by atoms with E-state index in [9.17, 15) is 13.2 Å². The molecule has 2 aromatic rings. The van der Waals surface area contributed by atoms with Gasteiger partial charge in [0.2, 0.25) is 10.0 Å². The van der Waals surface area contributed by atoms with Crippen molar-refractivity contribution in [2.24, 2.45) is 0 Å². The highest BCUT2D eigenvalue weighted by Crippen LogP contribution is 2.32. The van der Waals surface area contributed by atoms with E-state index >= 15 is 0 Å². The Labute approximate surface area is 199 Å². The van der Waals surface area contributed by atoms with Gasteiger partial charge in [-0.3, -0.25) is 4.79 Å². The highest BCUT2D eigenvalue weighted by atomic mass is 32.2. The quantitative estimate of drug-likeness (QED) is 0.625. The van der Waals surface area contributed by atoms with Crippen molar-refractivity contribution < 1.29 is 32.2 Å². The molecule has 0 radical (unpaired) electrons. The molecule has 0 unspecified atom stereocenters. The van der Waals surface area contributed by atoms with Crippen molar-refractivity contribution in [3.8, 4) is 11.5 Å². The van der Waals surface area contributed by atoms with Crippen LogP contribution in [-0.4, -0.2) is 85.5 Å². The molecular formula is C23H29N3O7S. The smallest absolute Gasteiger partial charge is 0.257 e. The maximum absolute atomic E-state index is 13.5. The number of benzene rings is 2. The van der Waals surface area contributed by atoms with Crippen molar-refractivity contribution in [3.63, 3.8) is 0 Å². The molecule has 1 amide bonds. The van der Waals surface area contributed by atoms with Gasteiger partial charge >= 0.3 is 0 Å². The van der Waals surface area contributed by atoms with Crippen molar-refractivity contribution in [3.05, 3.63) is 42.0 Å². The van der Waals surface area contributed by atoms with Crippen molar-refractivity contribution >= 4 is 27.3 Å². The Kier molecular flexibility index (Phi) is 7.57. The van der Waals surface area contributed by atoms with E-state index < -0.39 is 15.9 Å². The Morgan fingerprint density at radius 2 is 1.59 bits per heavy atom. The molecule has 4 rings (SSSR count). The summed E-state index contributed by atoms with van der Waals surface area (Å²) in [6, 6.07) is 9.75. The van der Waals surface area contributed by atoms with Gasteiger partial charge in [-0.2, -0.15) is 4.31 Å². The third-order valence-corrected chi connectivity index (χ3v) is 7.72. The van der Waals surface area contributed by atoms with E-state index in [0.29, 0.717) is 62.4 Å². The number of ether oxygens (including phenoxy) is 4. The van der Waals surface area contributed by atoms with Crippen LogP contribution >= 0.6 is 0 Å². The lowest BCUT2D eigenvalue weighted by molar-refractivity contribution is 0.0730. The molecule has 0 spiro atoms. The molecule has 2 aliphatic heterocycles. The van der Waals surface area contributed by atoms with E-state index in [1.807, 2.05) is 4.90 Å². The fourth-order valence-corrected chi connectivity index (χ4v) is 5.40. The van der Waals surface area contributed by atoms with E-state index in [1.165, 1.54) is 17.5 Å². The van der Waals surface area contributed by atoms with Crippen LogP contribution in [0.4, 0.5) is 11.4 Å². The predicted molar refractivity (Wildman–Crippen MR) is 127 cm³/mol. The summed E-state index contributed by atoms with van der Waals surface area (Å²) >= 11 is 0. The minimum absolute atomic E-state index is 0.0678. The Morgan fingerprint density at radius 1 is 0.912 bits per heavy atom. The van der Waals surface area contributed by atoms with Crippen LogP contribution in [0.15, 0.2) is 41.3 Å². The number of morpholine rings is 2. The summed E-state index contributed by atoms with van der Waals surface area (Å²) in [4.78, 5) is 15.6. The number of amides is 1. The van der Waals surface area contributed by atoms with E-state index in [1.54, 1.807) is 37.4 Å². The molecule has 10 nitrogen and oxygen atoms in total. The Bertz CT molecular complexity index is 1130. The van der Waals surface area contributed by atoms with Crippen LogP contribution < -0.4 is 19.7 Å². The molecule has 2 fully saturated rings. The lowest BCUT2D eigenvalue weighted by Crippen LogP contribution is -2.41. The molecule has 1 N–H and O–H groups in total. The zero-order valence-electron chi connectivity index (χ0n) is 19.3. The summed E-state index contributed by atoms with van der Waals surface area (Å²) in [6.45, 7) is 3.49. The summed E-state index contributed by atoms with van der Waals surface area (Å²) in [5.74, 6) is 0.573. The maximum atomic E-state index is 13.5. The second kappa shape index (κ2) is 10.6. The van der Waals surface area contributed by atoms with Gasteiger partial charge in [0.15, 0.2) is 0 Å². The van der Waals surface area contributed by atoms with Crippen molar-refractivity contribution in [1.29, 1.82) is 0 Å². The van der Waals surface area contributed by atoms with Crippen LogP contribution in [0.25, 0.3) is 0 Å². The Hall–Kier alpha value is -2.86. The van der Waals surface area contributed by atoms with E-state index in [4.69, 9.17) is 18.9 Å². The number of hydrogen-bond donors (Lipinski definition) is 1. The average molecular weight is 492 g/mol. The molecule has 0 aromatic heterocycles. The predicted octanol–water partition coefficient (Wildman–Crippen LogP) is 1.81. The molecule has 0 bridgehead atoms. The topological polar surface area (TPSA) is 107 Å². The highest BCUT2D eigenvalue weighted by Gasteiger charge is 2.29. The fourth-order valence-electron chi connectivity index (χ4n) is 3.96. The van der Waals surface area contributed by atoms with Gasteiger partial charge < -0.3 is 29.2 Å². The number of carbonyl (C=O) groups is 1. The van der Waals surface area contributed by atoms with Gasteiger partial charge in [-0.25, -0.2) is 8.42 Å². The Morgan fingerprint density at radius 3 is 2.24 bits per heavy atom. The molecule has 0 aliphatic carbocycles.